The van der Waals surface area contributed by atoms with E-state index in [0.29, 0.717) is 21.7 Å². The molecule has 11 nitrogen and oxygen atoms in total. The first-order chi connectivity index (χ1) is 14.3. The van der Waals surface area contributed by atoms with Crippen molar-refractivity contribution in [2.75, 3.05) is 5.43 Å². The van der Waals surface area contributed by atoms with Crippen molar-refractivity contribution in [3.63, 3.8) is 0 Å². The lowest BCUT2D eigenvalue weighted by atomic mass is 10.0. The summed E-state index contributed by atoms with van der Waals surface area (Å²) in [7, 11) is 0. The van der Waals surface area contributed by atoms with E-state index in [0.717, 1.165) is 0 Å². The van der Waals surface area contributed by atoms with Gasteiger partial charge in [-0.05, 0) is 24.6 Å². The molecule has 2 amide bonds. The number of carbonyl (C=O) groups excluding carboxylic acids is 3. The third-order valence-electron chi connectivity index (χ3n) is 4.32. The first kappa shape index (κ1) is 20.2. The largest absolute Gasteiger partial charge is 0.422 e. The Hall–Kier alpha value is -4.51. The van der Waals surface area contributed by atoms with Gasteiger partial charge < -0.3 is 9.25 Å². The molecule has 0 spiro atoms. The number of anilines is 1. The van der Waals surface area contributed by atoms with E-state index in [1.807, 2.05) is 0 Å². The van der Waals surface area contributed by atoms with Crippen LogP contribution in [0, 0.1) is 29.6 Å². The second-order valence-corrected chi connectivity index (χ2v) is 6.22. The van der Waals surface area contributed by atoms with Crippen LogP contribution in [0.3, 0.4) is 0 Å². The van der Waals surface area contributed by atoms with Gasteiger partial charge in [0.2, 0.25) is 5.71 Å². The zero-order chi connectivity index (χ0) is 21.8. The summed E-state index contributed by atoms with van der Waals surface area (Å²) in [4.78, 5) is 52.4. The number of nitrogens with one attached hydrogen (secondary N) is 1. The van der Waals surface area contributed by atoms with Crippen molar-refractivity contribution >= 4 is 40.2 Å². The lowest BCUT2D eigenvalue weighted by molar-refractivity contribution is -0.197. The van der Waals surface area contributed by atoms with Crippen molar-refractivity contribution in [3.8, 4) is 12.1 Å². The molecule has 0 unspecified atom stereocenters. The average Bonchev–Trinajstić information content (AvgIpc) is 3.03. The Morgan fingerprint density at radius 1 is 1.23 bits per heavy atom. The first-order valence-corrected chi connectivity index (χ1v) is 8.61. The third kappa shape index (κ3) is 4.00. The number of hydrogen-bond donors (Lipinski definition) is 1. The van der Waals surface area contributed by atoms with Gasteiger partial charge in [-0.3, -0.25) is 15.0 Å². The summed E-state index contributed by atoms with van der Waals surface area (Å²) in [5.41, 5.74) is 2.39. The van der Waals surface area contributed by atoms with E-state index >= 15 is 0 Å². The monoisotopic (exact) mass is 407 g/mol. The maximum Gasteiger partial charge on any atom is 0.340 e. The summed E-state index contributed by atoms with van der Waals surface area (Å²) in [6.07, 6.45) is -0.555. The summed E-state index contributed by atoms with van der Waals surface area (Å²) in [5.74, 6) is -2.18. The number of imide groups is 1. The number of amides is 2. The highest BCUT2D eigenvalue weighted by Crippen LogP contribution is 2.23. The molecule has 1 saturated heterocycles. The highest BCUT2D eigenvalue weighted by molar-refractivity contribution is 6.10. The molecule has 150 valence electrons. The van der Waals surface area contributed by atoms with Gasteiger partial charge in [-0.2, -0.15) is 15.6 Å². The molecule has 30 heavy (non-hydrogen) atoms. The number of hydrazone groups is 1. The quantitative estimate of drug-likeness (QED) is 0.330. The van der Waals surface area contributed by atoms with Gasteiger partial charge >= 0.3 is 11.6 Å². The fourth-order valence-corrected chi connectivity index (χ4v) is 2.80. The van der Waals surface area contributed by atoms with Crippen molar-refractivity contribution in [2.24, 2.45) is 5.10 Å². The predicted octanol–water partition coefficient (Wildman–Crippen LogP) is 1.07. The van der Waals surface area contributed by atoms with Crippen LogP contribution in [0.2, 0.25) is 0 Å². The second kappa shape index (κ2) is 8.24. The van der Waals surface area contributed by atoms with E-state index in [2.05, 4.69) is 10.5 Å². The zero-order valence-corrected chi connectivity index (χ0v) is 15.6. The number of fused-ring (bicyclic) bond motifs is 1. The molecule has 0 aliphatic carbocycles. The van der Waals surface area contributed by atoms with E-state index in [1.54, 1.807) is 31.2 Å². The van der Waals surface area contributed by atoms with Crippen molar-refractivity contribution in [3.05, 3.63) is 39.7 Å². The van der Waals surface area contributed by atoms with E-state index in [1.165, 1.54) is 6.07 Å². The topological polar surface area (TPSA) is 166 Å². The molecule has 2 aromatic rings. The van der Waals surface area contributed by atoms with Gasteiger partial charge in [-0.15, -0.1) is 5.06 Å². The fraction of sp³-hybridized carbons (Fsp3) is 0.211. The van der Waals surface area contributed by atoms with Crippen LogP contribution in [0.25, 0.3) is 11.0 Å². The molecule has 0 saturated carbocycles. The second-order valence-electron chi connectivity index (χ2n) is 6.22. The van der Waals surface area contributed by atoms with E-state index in [-0.39, 0.29) is 29.7 Å². The minimum atomic E-state index is -0.943. The molecule has 1 aliphatic heterocycles. The molecule has 0 atom stereocenters. The molecule has 3 rings (SSSR count). The lowest BCUT2D eigenvalue weighted by Gasteiger charge is -2.13. The standard InChI is InChI=1S/C19H13N5O6/c1-10-13-3-2-11(22-23-12(8-20)9-21)6-15(13)29-19(28)14(10)7-18(27)30-24-16(25)4-5-17(24)26/h2-3,6,22H,4-5,7H2,1H3. The Labute approximate surface area is 168 Å². The Kier molecular flexibility index (Phi) is 5.56. The molecule has 1 fully saturated rings. The van der Waals surface area contributed by atoms with Gasteiger partial charge in [0.25, 0.3) is 11.8 Å². The van der Waals surface area contributed by atoms with Gasteiger partial charge in [-0.25, -0.2) is 9.59 Å². The summed E-state index contributed by atoms with van der Waals surface area (Å²) < 4.78 is 5.26. The normalized spacial score (nSPS) is 13.0. The molecule has 0 radical (unpaired) electrons. The van der Waals surface area contributed by atoms with Crippen molar-refractivity contribution < 1.29 is 23.6 Å². The Bertz CT molecular complexity index is 1220. The molecule has 1 N–H and O–H groups in total. The van der Waals surface area contributed by atoms with Gasteiger partial charge in [-0.1, -0.05) is 0 Å². The highest BCUT2D eigenvalue weighted by atomic mass is 16.7. The van der Waals surface area contributed by atoms with Gasteiger partial charge in [0.15, 0.2) is 0 Å². The molecule has 1 aromatic carbocycles. The Morgan fingerprint density at radius 2 is 1.90 bits per heavy atom. The summed E-state index contributed by atoms with van der Waals surface area (Å²) in [6.45, 7) is 1.61. The van der Waals surface area contributed by atoms with Gasteiger partial charge in [0, 0.05) is 24.3 Å². The number of benzene rings is 1. The number of rotatable bonds is 5. The van der Waals surface area contributed by atoms with Crippen molar-refractivity contribution in [1.29, 1.82) is 10.5 Å². The fourth-order valence-electron chi connectivity index (χ4n) is 2.80. The third-order valence-corrected chi connectivity index (χ3v) is 4.32. The van der Waals surface area contributed by atoms with Crippen molar-refractivity contribution in [1.82, 2.24) is 5.06 Å². The SMILES string of the molecule is Cc1c(CC(=O)ON2C(=O)CCC2=O)c(=O)oc2cc(NN=C(C#N)C#N)ccc12. The molecule has 0 bridgehead atoms. The lowest BCUT2D eigenvalue weighted by Crippen LogP contribution is -2.33. The number of hydrogen-bond acceptors (Lipinski definition) is 10. The Balaban J connectivity index is 1.85. The predicted molar refractivity (Wildman–Crippen MR) is 100 cm³/mol. The van der Waals surface area contributed by atoms with Crippen LogP contribution < -0.4 is 11.1 Å². The maximum absolute atomic E-state index is 12.4. The van der Waals surface area contributed by atoms with Crippen LogP contribution in [0.15, 0.2) is 32.5 Å². The molecule has 11 heteroatoms. The molecular formula is C19H13N5O6. The summed E-state index contributed by atoms with van der Waals surface area (Å²) >= 11 is 0. The smallest absolute Gasteiger partial charge is 0.340 e. The van der Waals surface area contributed by atoms with Crippen LogP contribution in [-0.4, -0.2) is 28.6 Å². The van der Waals surface area contributed by atoms with Crippen LogP contribution in [0.1, 0.15) is 24.0 Å². The number of carbonyl (C=O) groups is 3. The van der Waals surface area contributed by atoms with E-state index in [4.69, 9.17) is 19.8 Å². The average molecular weight is 407 g/mol. The number of hydroxylamine groups is 2. The number of nitriles is 2. The molecule has 1 aromatic heterocycles. The van der Waals surface area contributed by atoms with E-state index in [9.17, 15) is 19.2 Å². The highest BCUT2D eigenvalue weighted by Gasteiger charge is 2.33. The molecule has 1 aliphatic rings. The van der Waals surface area contributed by atoms with Crippen molar-refractivity contribution in [2.45, 2.75) is 26.2 Å². The van der Waals surface area contributed by atoms with Crippen LogP contribution in [-0.2, 0) is 25.6 Å². The maximum atomic E-state index is 12.4. The summed E-state index contributed by atoms with van der Waals surface area (Å²) in [6, 6.07) is 7.82. The van der Waals surface area contributed by atoms with E-state index < -0.39 is 29.8 Å². The van der Waals surface area contributed by atoms with Crippen LogP contribution in [0.5, 0.6) is 0 Å². The Morgan fingerprint density at radius 3 is 2.53 bits per heavy atom. The van der Waals surface area contributed by atoms with Gasteiger partial charge in [0.1, 0.15) is 17.7 Å². The minimum absolute atomic E-state index is 0.0292. The molecule has 2 heterocycles. The van der Waals surface area contributed by atoms with Crippen LogP contribution in [0.4, 0.5) is 5.69 Å². The molecular weight excluding hydrogens is 394 g/mol. The van der Waals surface area contributed by atoms with Crippen LogP contribution >= 0.6 is 0 Å². The zero-order valence-electron chi connectivity index (χ0n) is 15.6. The summed E-state index contributed by atoms with van der Waals surface area (Å²) in [5, 5.41) is 21.9. The van der Waals surface area contributed by atoms with Gasteiger partial charge in [0.05, 0.1) is 17.7 Å². The number of aryl methyl sites for hydroxylation is 1. The first-order valence-electron chi connectivity index (χ1n) is 8.61. The minimum Gasteiger partial charge on any atom is -0.422 e. The number of nitrogens with zero attached hydrogens (tertiary/aromatic N) is 4.